The fourth-order valence-electron chi connectivity index (χ4n) is 2.76. The van der Waals surface area contributed by atoms with Crippen molar-refractivity contribution in [3.63, 3.8) is 0 Å². The Morgan fingerprint density at radius 3 is 3.06 bits per heavy atom. The van der Waals surface area contributed by atoms with E-state index < -0.39 is 0 Å². The maximum Gasteiger partial charge on any atom is 0.0705 e. The molecule has 1 aromatic heterocycles. The largest absolute Gasteiger partial charge is 0.378 e. The molecule has 94 valence electrons. The third-order valence-electron chi connectivity index (χ3n) is 3.91. The minimum Gasteiger partial charge on any atom is -0.378 e. The van der Waals surface area contributed by atoms with Gasteiger partial charge in [0, 0.05) is 30.1 Å². The molecule has 0 aliphatic carbocycles. The molecule has 1 aliphatic rings. The van der Waals surface area contributed by atoms with Crippen LogP contribution in [0.5, 0.6) is 0 Å². The van der Waals surface area contributed by atoms with Crippen molar-refractivity contribution in [2.45, 2.75) is 25.5 Å². The molecule has 3 atom stereocenters. The van der Waals surface area contributed by atoms with Crippen molar-refractivity contribution in [3.8, 4) is 0 Å². The maximum atomic E-state index is 6.37. The smallest absolute Gasteiger partial charge is 0.0705 e. The molecule has 0 bridgehead atoms. The number of aromatic nitrogens is 1. The van der Waals surface area contributed by atoms with E-state index in [-0.39, 0.29) is 12.1 Å². The number of nitrogens with two attached hydrogens (primary N) is 1. The third kappa shape index (κ3) is 2.00. The van der Waals surface area contributed by atoms with E-state index >= 15 is 0 Å². The highest BCUT2D eigenvalue weighted by atomic mass is 16.5. The molecule has 1 aromatic carbocycles. The zero-order chi connectivity index (χ0) is 12.5. The Balaban J connectivity index is 1.93. The number of pyridine rings is 1. The maximum absolute atomic E-state index is 6.37. The summed E-state index contributed by atoms with van der Waals surface area (Å²) in [6.45, 7) is 2.93. The fourth-order valence-corrected chi connectivity index (χ4v) is 2.76. The van der Waals surface area contributed by atoms with Crippen LogP contribution < -0.4 is 5.73 Å². The van der Waals surface area contributed by atoms with E-state index in [1.807, 2.05) is 12.3 Å². The standard InChI is InChI=1S/C15H18N2O/c1-10-13(6-8-18-10)15(16)12-5-4-11-3-2-7-17-14(11)9-12/h2-5,7,9-10,13,15H,6,8,16H2,1H3. The van der Waals surface area contributed by atoms with Crippen LogP contribution in [0.15, 0.2) is 36.5 Å². The van der Waals surface area contributed by atoms with Gasteiger partial charge in [-0.25, -0.2) is 0 Å². The van der Waals surface area contributed by atoms with Gasteiger partial charge >= 0.3 is 0 Å². The molecule has 1 saturated heterocycles. The monoisotopic (exact) mass is 242 g/mol. The summed E-state index contributed by atoms with van der Waals surface area (Å²) >= 11 is 0. The van der Waals surface area contributed by atoms with Crippen LogP contribution in [-0.2, 0) is 4.74 Å². The van der Waals surface area contributed by atoms with Gasteiger partial charge in [0.25, 0.3) is 0 Å². The lowest BCUT2D eigenvalue weighted by atomic mass is 9.88. The molecule has 0 radical (unpaired) electrons. The summed E-state index contributed by atoms with van der Waals surface area (Å²) in [6.07, 6.45) is 3.11. The minimum absolute atomic E-state index is 0.0360. The van der Waals surface area contributed by atoms with Gasteiger partial charge < -0.3 is 10.5 Å². The van der Waals surface area contributed by atoms with Crippen molar-refractivity contribution >= 4 is 10.9 Å². The summed E-state index contributed by atoms with van der Waals surface area (Å²) < 4.78 is 5.60. The lowest BCUT2D eigenvalue weighted by molar-refractivity contribution is 0.0995. The van der Waals surface area contributed by atoms with Crippen LogP contribution in [0.2, 0.25) is 0 Å². The molecule has 3 heteroatoms. The van der Waals surface area contributed by atoms with Gasteiger partial charge in [0.15, 0.2) is 0 Å². The highest BCUT2D eigenvalue weighted by Gasteiger charge is 2.30. The zero-order valence-corrected chi connectivity index (χ0v) is 10.5. The second kappa shape index (κ2) is 4.67. The lowest BCUT2D eigenvalue weighted by Crippen LogP contribution is -2.26. The number of rotatable bonds is 2. The van der Waals surface area contributed by atoms with Gasteiger partial charge in [0.05, 0.1) is 11.6 Å². The first-order chi connectivity index (χ1) is 8.75. The second-order valence-corrected chi connectivity index (χ2v) is 5.01. The topological polar surface area (TPSA) is 48.1 Å². The van der Waals surface area contributed by atoms with E-state index in [9.17, 15) is 0 Å². The van der Waals surface area contributed by atoms with E-state index in [1.54, 1.807) is 0 Å². The fraction of sp³-hybridized carbons (Fsp3) is 0.400. The van der Waals surface area contributed by atoms with Crippen molar-refractivity contribution < 1.29 is 4.74 Å². The average molecular weight is 242 g/mol. The number of hydrogen-bond donors (Lipinski definition) is 1. The van der Waals surface area contributed by atoms with E-state index in [4.69, 9.17) is 10.5 Å². The molecule has 2 aromatic rings. The summed E-state index contributed by atoms with van der Waals surface area (Å²) in [4.78, 5) is 4.38. The summed E-state index contributed by atoms with van der Waals surface area (Å²) in [7, 11) is 0. The Morgan fingerprint density at radius 2 is 2.28 bits per heavy atom. The number of hydrogen-bond acceptors (Lipinski definition) is 3. The minimum atomic E-state index is 0.0360. The van der Waals surface area contributed by atoms with Gasteiger partial charge in [-0.15, -0.1) is 0 Å². The quantitative estimate of drug-likeness (QED) is 0.880. The van der Waals surface area contributed by atoms with E-state index in [0.29, 0.717) is 5.92 Å². The molecule has 3 rings (SSSR count). The lowest BCUT2D eigenvalue weighted by Gasteiger charge is -2.22. The van der Waals surface area contributed by atoms with Gasteiger partial charge in [-0.2, -0.15) is 0 Å². The predicted octanol–water partition coefficient (Wildman–Crippen LogP) is 2.66. The molecule has 18 heavy (non-hydrogen) atoms. The van der Waals surface area contributed by atoms with Crippen LogP contribution >= 0.6 is 0 Å². The van der Waals surface area contributed by atoms with Gasteiger partial charge in [-0.05, 0) is 31.0 Å². The molecule has 0 amide bonds. The predicted molar refractivity (Wildman–Crippen MR) is 72.2 cm³/mol. The molecule has 3 nitrogen and oxygen atoms in total. The normalized spacial score (nSPS) is 25.4. The summed E-state index contributed by atoms with van der Waals surface area (Å²) in [5.41, 5.74) is 8.54. The van der Waals surface area contributed by atoms with Gasteiger partial charge in [0.2, 0.25) is 0 Å². The Morgan fingerprint density at radius 1 is 1.39 bits per heavy atom. The molecule has 0 saturated carbocycles. The second-order valence-electron chi connectivity index (χ2n) is 5.01. The van der Waals surface area contributed by atoms with E-state index in [1.165, 1.54) is 0 Å². The Hall–Kier alpha value is -1.45. The van der Waals surface area contributed by atoms with Crippen molar-refractivity contribution in [2.75, 3.05) is 6.61 Å². The Bertz CT molecular complexity index is 555. The molecule has 0 spiro atoms. The number of fused-ring (bicyclic) bond motifs is 1. The van der Waals surface area contributed by atoms with Crippen LogP contribution in [0.3, 0.4) is 0 Å². The highest BCUT2D eigenvalue weighted by molar-refractivity contribution is 5.78. The molecule has 1 fully saturated rings. The highest BCUT2D eigenvalue weighted by Crippen LogP contribution is 2.32. The third-order valence-corrected chi connectivity index (χ3v) is 3.91. The van der Waals surface area contributed by atoms with Crippen LogP contribution in [0.25, 0.3) is 10.9 Å². The molecular formula is C15H18N2O. The van der Waals surface area contributed by atoms with Crippen LogP contribution in [0.4, 0.5) is 0 Å². The van der Waals surface area contributed by atoms with E-state index in [0.717, 1.165) is 29.5 Å². The summed E-state index contributed by atoms with van der Waals surface area (Å²) in [6, 6.07) is 10.4. The van der Waals surface area contributed by atoms with Crippen molar-refractivity contribution in [1.29, 1.82) is 0 Å². The summed E-state index contributed by atoms with van der Waals surface area (Å²) in [5, 5.41) is 1.16. The van der Waals surface area contributed by atoms with E-state index in [2.05, 4.69) is 36.2 Å². The van der Waals surface area contributed by atoms with Gasteiger partial charge in [0.1, 0.15) is 0 Å². The van der Waals surface area contributed by atoms with Crippen molar-refractivity contribution in [2.24, 2.45) is 11.7 Å². The Kier molecular flexibility index (Phi) is 3.02. The number of benzene rings is 1. The first kappa shape index (κ1) is 11.6. The molecular weight excluding hydrogens is 224 g/mol. The zero-order valence-electron chi connectivity index (χ0n) is 10.5. The van der Waals surface area contributed by atoms with Crippen molar-refractivity contribution in [3.05, 3.63) is 42.1 Å². The molecule has 2 heterocycles. The summed E-state index contributed by atoms with van der Waals surface area (Å²) in [5.74, 6) is 0.408. The van der Waals surface area contributed by atoms with Crippen LogP contribution in [0, 0.1) is 5.92 Å². The first-order valence-corrected chi connectivity index (χ1v) is 6.47. The number of ether oxygens (including phenoxy) is 1. The SMILES string of the molecule is CC1OCCC1C(N)c1ccc2cccnc2c1. The molecule has 3 unspecified atom stereocenters. The first-order valence-electron chi connectivity index (χ1n) is 6.47. The van der Waals surface area contributed by atoms with Crippen LogP contribution in [0.1, 0.15) is 24.9 Å². The van der Waals surface area contributed by atoms with Gasteiger partial charge in [-0.3, -0.25) is 4.98 Å². The molecule has 1 aliphatic heterocycles. The average Bonchev–Trinajstić information content (AvgIpc) is 2.83. The Labute approximate surface area is 107 Å². The van der Waals surface area contributed by atoms with Gasteiger partial charge in [-0.1, -0.05) is 18.2 Å². The molecule has 2 N–H and O–H groups in total. The number of nitrogens with zero attached hydrogens (tertiary/aromatic N) is 1. The van der Waals surface area contributed by atoms with Crippen LogP contribution in [-0.4, -0.2) is 17.7 Å². The van der Waals surface area contributed by atoms with Crippen molar-refractivity contribution in [1.82, 2.24) is 4.98 Å².